The van der Waals surface area contributed by atoms with Crippen LogP contribution in [0.25, 0.3) is 0 Å². The Balaban J connectivity index is 1.92. The van der Waals surface area contributed by atoms with Crippen molar-refractivity contribution in [2.24, 2.45) is 10.7 Å². The maximum atomic E-state index is 5.96. The number of nitrogens with two attached hydrogens (primary N) is 1. The average Bonchev–Trinajstić information content (AvgIpc) is 2.39. The van der Waals surface area contributed by atoms with Gasteiger partial charge in [-0.15, -0.1) is 0 Å². The number of anilines is 1. The normalized spacial score (nSPS) is 17.4. The molecule has 6 nitrogen and oxygen atoms in total. The van der Waals surface area contributed by atoms with Crippen molar-refractivity contribution in [2.75, 3.05) is 31.1 Å². The van der Waals surface area contributed by atoms with Crippen LogP contribution in [0.4, 0.5) is 5.95 Å². The Morgan fingerprint density at radius 1 is 1.22 bits per heavy atom. The number of hydrogen-bond donors (Lipinski definition) is 1. The van der Waals surface area contributed by atoms with Gasteiger partial charge in [0, 0.05) is 44.6 Å². The highest BCUT2D eigenvalue weighted by molar-refractivity contribution is 5.78. The lowest BCUT2D eigenvalue weighted by atomic mass is 10.3. The van der Waals surface area contributed by atoms with Crippen molar-refractivity contribution in [1.29, 1.82) is 0 Å². The van der Waals surface area contributed by atoms with Gasteiger partial charge in [0.05, 0.1) is 0 Å². The first-order chi connectivity index (χ1) is 8.66. The zero-order chi connectivity index (χ0) is 13.0. The van der Waals surface area contributed by atoms with Crippen molar-refractivity contribution in [3.8, 4) is 0 Å². The third-order valence-corrected chi connectivity index (χ3v) is 2.83. The first-order valence-electron chi connectivity index (χ1n) is 6.27. The summed E-state index contributed by atoms with van der Waals surface area (Å²) in [4.78, 5) is 17.2. The molecule has 0 unspecified atom stereocenters. The molecule has 0 aliphatic carbocycles. The van der Waals surface area contributed by atoms with Crippen LogP contribution in [0.5, 0.6) is 0 Å². The molecular weight excluding hydrogens is 228 g/mol. The molecule has 1 fully saturated rings. The predicted molar refractivity (Wildman–Crippen MR) is 72.6 cm³/mol. The van der Waals surface area contributed by atoms with E-state index in [9.17, 15) is 0 Å². The molecule has 2 heterocycles. The Kier molecular flexibility index (Phi) is 3.96. The number of aromatic nitrogens is 2. The fourth-order valence-electron chi connectivity index (χ4n) is 1.94. The Labute approximate surface area is 108 Å². The van der Waals surface area contributed by atoms with E-state index in [4.69, 9.17) is 5.73 Å². The molecule has 0 atom stereocenters. The summed E-state index contributed by atoms with van der Waals surface area (Å²) < 4.78 is 0. The van der Waals surface area contributed by atoms with Gasteiger partial charge in [-0.05, 0) is 19.9 Å². The van der Waals surface area contributed by atoms with Crippen LogP contribution < -0.4 is 10.6 Å². The summed E-state index contributed by atoms with van der Waals surface area (Å²) in [7, 11) is 0. The quantitative estimate of drug-likeness (QED) is 0.603. The highest BCUT2D eigenvalue weighted by atomic mass is 15.4. The minimum absolute atomic E-state index is 0.237. The van der Waals surface area contributed by atoms with Gasteiger partial charge < -0.3 is 15.5 Å². The number of nitrogens with zero attached hydrogens (tertiary/aromatic N) is 5. The Hall–Kier alpha value is -1.85. The smallest absolute Gasteiger partial charge is 0.225 e. The summed E-state index contributed by atoms with van der Waals surface area (Å²) in [6.07, 6.45) is 3.53. The highest BCUT2D eigenvalue weighted by Crippen LogP contribution is 2.09. The molecule has 2 rings (SSSR count). The van der Waals surface area contributed by atoms with Crippen LogP contribution in [0.3, 0.4) is 0 Å². The van der Waals surface area contributed by atoms with E-state index in [0.717, 1.165) is 32.1 Å². The minimum Gasteiger partial charge on any atom is -0.370 e. The van der Waals surface area contributed by atoms with E-state index >= 15 is 0 Å². The second kappa shape index (κ2) is 5.66. The van der Waals surface area contributed by atoms with Crippen LogP contribution in [-0.4, -0.2) is 53.0 Å². The van der Waals surface area contributed by atoms with E-state index in [1.807, 2.05) is 19.9 Å². The zero-order valence-electron chi connectivity index (χ0n) is 11.0. The van der Waals surface area contributed by atoms with E-state index in [-0.39, 0.29) is 6.04 Å². The molecule has 0 spiro atoms. The summed E-state index contributed by atoms with van der Waals surface area (Å²) in [6.45, 7) is 7.53. The fraction of sp³-hybridized carbons (Fsp3) is 0.583. The Morgan fingerprint density at radius 3 is 2.39 bits per heavy atom. The molecule has 0 radical (unpaired) electrons. The summed E-state index contributed by atoms with van der Waals surface area (Å²) in [5.41, 5.74) is 5.96. The lowest BCUT2D eigenvalue weighted by Crippen LogP contribution is -2.51. The van der Waals surface area contributed by atoms with E-state index in [1.165, 1.54) is 0 Å². The van der Waals surface area contributed by atoms with Gasteiger partial charge in [-0.3, -0.25) is 4.99 Å². The summed E-state index contributed by atoms with van der Waals surface area (Å²) >= 11 is 0. The molecule has 0 amide bonds. The number of guanidine groups is 1. The second-order valence-corrected chi connectivity index (χ2v) is 4.60. The number of aliphatic imine (C=N–C) groups is 1. The molecule has 6 heteroatoms. The molecule has 1 aliphatic rings. The first kappa shape index (κ1) is 12.6. The SMILES string of the molecule is CC(C)N=C(N)N1CCN(c2ncccn2)CC1. The lowest BCUT2D eigenvalue weighted by Gasteiger charge is -2.35. The number of hydrogen-bond acceptors (Lipinski definition) is 4. The summed E-state index contributed by atoms with van der Waals surface area (Å²) in [6, 6.07) is 2.06. The lowest BCUT2D eigenvalue weighted by molar-refractivity contribution is 0.377. The van der Waals surface area contributed by atoms with Gasteiger partial charge in [0.15, 0.2) is 5.96 Å². The van der Waals surface area contributed by atoms with Crippen LogP contribution >= 0.6 is 0 Å². The van der Waals surface area contributed by atoms with Gasteiger partial charge in [0.1, 0.15) is 0 Å². The minimum atomic E-state index is 0.237. The average molecular weight is 248 g/mol. The van der Waals surface area contributed by atoms with Crippen LogP contribution in [0.1, 0.15) is 13.8 Å². The largest absolute Gasteiger partial charge is 0.370 e. The molecular formula is C12H20N6. The van der Waals surface area contributed by atoms with Gasteiger partial charge in [0.25, 0.3) is 0 Å². The van der Waals surface area contributed by atoms with E-state index in [2.05, 4.69) is 24.8 Å². The molecule has 1 saturated heterocycles. The van der Waals surface area contributed by atoms with Gasteiger partial charge in [-0.2, -0.15) is 0 Å². The Morgan fingerprint density at radius 2 is 1.83 bits per heavy atom. The van der Waals surface area contributed by atoms with Gasteiger partial charge in [0.2, 0.25) is 5.95 Å². The van der Waals surface area contributed by atoms with E-state index in [0.29, 0.717) is 5.96 Å². The van der Waals surface area contributed by atoms with E-state index < -0.39 is 0 Å². The van der Waals surface area contributed by atoms with Crippen LogP contribution in [0, 0.1) is 0 Å². The number of rotatable bonds is 2. The topological polar surface area (TPSA) is 70.6 Å². The third-order valence-electron chi connectivity index (χ3n) is 2.83. The van der Waals surface area contributed by atoms with Crippen LogP contribution in [0.15, 0.2) is 23.5 Å². The van der Waals surface area contributed by atoms with Gasteiger partial charge in [-0.25, -0.2) is 9.97 Å². The maximum absolute atomic E-state index is 5.96. The zero-order valence-corrected chi connectivity index (χ0v) is 11.0. The number of piperazine rings is 1. The van der Waals surface area contributed by atoms with Crippen LogP contribution in [0.2, 0.25) is 0 Å². The van der Waals surface area contributed by atoms with Crippen molar-refractivity contribution >= 4 is 11.9 Å². The molecule has 1 aromatic rings. The monoisotopic (exact) mass is 248 g/mol. The second-order valence-electron chi connectivity index (χ2n) is 4.60. The van der Waals surface area contributed by atoms with Gasteiger partial charge >= 0.3 is 0 Å². The molecule has 1 aromatic heterocycles. The highest BCUT2D eigenvalue weighted by Gasteiger charge is 2.19. The van der Waals surface area contributed by atoms with Crippen molar-refractivity contribution < 1.29 is 0 Å². The predicted octanol–water partition coefficient (Wildman–Crippen LogP) is 0.322. The van der Waals surface area contributed by atoms with Gasteiger partial charge in [-0.1, -0.05) is 0 Å². The fourth-order valence-corrected chi connectivity index (χ4v) is 1.94. The van der Waals surface area contributed by atoms with Crippen LogP contribution in [-0.2, 0) is 0 Å². The molecule has 2 N–H and O–H groups in total. The molecule has 0 saturated carbocycles. The van der Waals surface area contributed by atoms with Crippen molar-refractivity contribution in [2.45, 2.75) is 19.9 Å². The third kappa shape index (κ3) is 3.09. The molecule has 18 heavy (non-hydrogen) atoms. The molecule has 0 aromatic carbocycles. The molecule has 1 aliphatic heterocycles. The summed E-state index contributed by atoms with van der Waals surface area (Å²) in [5, 5.41) is 0. The standard InChI is InChI=1S/C12H20N6/c1-10(2)16-11(13)17-6-8-18(9-7-17)12-14-4-3-5-15-12/h3-5,10H,6-9H2,1-2H3,(H2,13,16). The maximum Gasteiger partial charge on any atom is 0.225 e. The molecule has 98 valence electrons. The van der Waals surface area contributed by atoms with Crippen molar-refractivity contribution in [3.63, 3.8) is 0 Å². The Bertz CT molecular complexity index is 394. The molecule has 0 bridgehead atoms. The van der Waals surface area contributed by atoms with Crippen molar-refractivity contribution in [1.82, 2.24) is 14.9 Å². The van der Waals surface area contributed by atoms with E-state index in [1.54, 1.807) is 12.4 Å². The van der Waals surface area contributed by atoms with Crippen molar-refractivity contribution in [3.05, 3.63) is 18.5 Å². The first-order valence-corrected chi connectivity index (χ1v) is 6.27. The summed E-state index contributed by atoms with van der Waals surface area (Å²) in [5.74, 6) is 1.43.